The number of nitrogens with two attached hydrogens (primary N) is 1. The predicted octanol–water partition coefficient (Wildman–Crippen LogP) is -3.06. The Hall–Kier alpha value is -2.00. The van der Waals surface area contributed by atoms with Crippen LogP contribution in [0.5, 0.6) is 0 Å². The molecule has 4 N–H and O–H groups in total. The van der Waals surface area contributed by atoms with Gasteiger partial charge in [-0.15, -0.1) is 5.10 Å². The molecule has 1 unspecified atom stereocenters. The smallest absolute Gasteiger partial charge is 0.231 e. The molecular weight excluding hydrogens is 370 g/mol. The molecule has 0 spiro atoms. The van der Waals surface area contributed by atoms with Crippen LogP contribution in [-0.4, -0.2) is 78.0 Å². The van der Waals surface area contributed by atoms with Gasteiger partial charge >= 0.3 is 0 Å². The summed E-state index contributed by atoms with van der Waals surface area (Å²) in [4.78, 5) is 29.4. The van der Waals surface area contributed by atoms with Gasteiger partial charge in [0.15, 0.2) is 0 Å². The lowest BCUT2D eigenvalue weighted by molar-refractivity contribution is -0.945. The molecule has 0 radical (unpaired) electrons. The standard InChI is InChI=1S/C20H33N7O2/c1-24(2)10-16-11-27(23-22-16)12-17-9-15-5-8-26(17)13-18(15)20(29)25-6-3-14(4-7-25)19(21)28/h11,14-15,17-18H,3-10,12-13H2,1-2H3,(H2,21,28)/p+2/t15-,17-,18+/m1/s1. The van der Waals surface area contributed by atoms with Crippen molar-refractivity contribution in [2.75, 3.05) is 40.3 Å². The average Bonchev–Trinajstić information content (AvgIpc) is 3.14. The molecule has 1 aromatic heterocycles. The van der Waals surface area contributed by atoms with Crippen LogP contribution in [0.2, 0.25) is 0 Å². The molecule has 4 aliphatic rings. The predicted molar refractivity (Wildman–Crippen MR) is 106 cm³/mol. The quantitative estimate of drug-likeness (QED) is 0.468. The number of piperidine rings is 4. The van der Waals surface area contributed by atoms with Crippen molar-refractivity contribution in [2.24, 2.45) is 23.5 Å². The molecule has 5 rings (SSSR count). The Morgan fingerprint density at radius 3 is 2.66 bits per heavy atom. The molecule has 29 heavy (non-hydrogen) atoms. The van der Waals surface area contributed by atoms with Crippen LogP contribution in [0.3, 0.4) is 0 Å². The van der Waals surface area contributed by atoms with Crippen LogP contribution in [0.4, 0.5) is 0 Å². The number of primary amides is 1. The van der Waals surface area contributed by atoms with Crippen molar-refractivity contribution in [2.45, 2.75) is 44.8 Å². The summed E-state index contributed by atoms with van der Waals surface area (Å²) >= 11 is 0. The van der Waals surface area contributed by atoms with Gasteiger partial charge in [0.2, 0.25) is 11.8 Å². The number of quaternary nitrogens is 2. The number of nitrogens with one attached hydrogen (secondary N) is 2. The molecule has 9 heteroatoms. The monoisotopic (exact) mass is 405 g/mol. The van der Waals surface area contributed by atoms with Crippen LogP contribution in [-0.2, 0) is 22.7 Å². The number of nitrogens with zero attached hydrogens (tertiary/aromatic N) is 4. The Morgan fingerprint density at radius 1 is 1.28 bits per heavy atom. The molecular formula is C20H35N7O2+2. The number of aromatic nitrogens is 3. The summed E-state index contributed by atoms with van der Waals surface area (Å²) in [6.45, 7) is 5.17. The van der Waals surface area contributed by atoms with E-state index in [1.54, 1.807) is 0 Å². The van der Waals surface area contributed by atoms with Gasteiger partial charge in [0.1, 0.15) is 18.3 Å². The highest BCUT2D eigenvalue weighted by molar-refractivity contribution is 5.80. The topological polar surface area (TPSA) is 103 Å². The van der Waals surface area contributed by atoms with E-state index in [2.05, 4.69) is 30.6 Å². The van der Waals surface area contributed by atoms with Crippen molar-refractivity contribution in [3.05, 3.63) is 11.9 Å². The third-order valence-electron chi connectivity index (χ3n) is 7.11. The van der Waals surface area contributed by atoms with Crippen LogP contribution >= 0.6 is 0 Å². The largest absolute Gasteiger partial charge is 0.369 e. The highest BCUT2D eigenvalue weighted by atomic mass is 16.2. The zero-order valence-electron chi connectivity index (χ0n) is 17.6. The maximum atomic E-state index is 13.2. The third-order valence-corrected chi connectivity index (χ3v) is 7.11. The fourth-order valence-electron chi connectivity index (χ4n) is 5.52. The third kappa shape index (κ3) is 4.45. The van der Waals surface area contributed by atoms with Gasteiger partial charge in [0.05, 0.1) is 45.8 Å². The lowest BCUT2D eigenvalue weighted by Crippen LogP contribution is -3.20. The maximum Gasteiger partial charge on any atom is 0.231 e. The second-order valence-electron chi connectivity index (χ2n) is 9.52. The highest BCUT2D eigenvalue weighted by Gasteiger charge is 2.48. The lowest BCUT2D eigenvalue weighted by Gasteiger charge is -2.47. The van der Waals surface area contributed by atoms with Gasteiger partial charge in [-0.1, -0.05) is 5.21 Å². The zero-order valence-corrected chi connectivity index (χ0v) is 17.6. The Labute approximate surface area is 172 Å². The van der Waals surface area contributed by atoms with E-state index in [1.165, 1.54) is 9.80 Å². The maximum absolute atomic E-state index is 13.2. The van der Waals surface area contributed by atoms with Gasteiger partial charge in [-0.25, -0.2) is 4.68 Å². The van der Waals surface area contributed by atoms with Crippen molar-refractivity contribution in [1.82, 2.24) is 19.9 Å². The fourth-order valence-corrected chi connectivity index (χ4v) is 5.52. The van der Waals surface area contributed by atoms with E-state index in [0.717, 1.165) is 44.7 Å². The van der Waals surface area contributed by atoms with Gasteiger partial charge < -0.3 is 20.4 Å². The Balaban J connectivity index is 1.32. The summed E-state index contributed by atoms with van der Waals surface area (Å²) in [7, 11) is 4.23. The Kier molecular flexibility index (Phi) is 5.87. The molecule has 4 aliphatic heterocycles. The Morgan fingerprint density at radius 2 is 2.03 bits per heavy atom. The molecule has 4 atom stereocenters. The number of hydrogen-bond donors (Lipinski definition) is 3. The number of rotatable bonds is 6. The molecule has 0 saturated carbocycles. The van der Waals surface area contributed by atoms with Crippen LogP contribution in [0.25, 0.3) is 0 Å². The van der Waals surface area contributed by atoms with Crippen molar-refractivity contribution in [3.63, 3.8) is 0 Å². The summed E-state index contributed by atoms with van der Waals surface area (Å²) in [5.41, 5.74) is 6.46. The van der Waals surface area contributed by atoms with Crippen molar-refractivity contribution < 1.29 is 19.4 Å². The van der Waals surface area contributed by atoms with Crippen molar-refractivity contribution in [3.8, 4) is 0 Å². The van der Waals surface area contributed by atoms with E-state index in [4.69, 9.17) is 5.73 Å². The molecule has 0 aliphatic carbocycles. The van der Waals surface area contributed by atoms with Crippen molar-refractivity contribution >= 4 is 11.8 Å². The van der Waals surface area contributed by atoms with Crippen LogP contribution in [0, 0.1) is 17.8 Å². The number of amides is 2. The number of carbonyl (C=O) groups is 2. The van der Waals surface area contributed by atoms with Crippen LogP contribution in [0.15, 0.2) is 6.20 Å². The number of carbonyl (C=O) groups excluding carboxylic acids is 2. The van der Waals surface area contributed by atoms with E-state index in [9.17, 15) is 9.59 Å². The molecule has 2 amide bonds. The average molecular weight is 406 g/mol. The second-order valence-corrected chi connectivity index (χ2v) is 9.52. The fraction of sp³-hybridized carbons (Fsp3) is 0.800. The summed E-state index contributed by atoms with van der Waals surface area (Å²) in [6, 6.07) is 0.514. The molecule has 160 valence electrons. The van der Waals surface area contributed by atoms with Gasteiger partial charge in [-0.3, -0.25) is 9.59 Å². The van der Waals surface area contributed by atoms with Gasteiger partial charge in [-0.2, -0.15) is 0 Å². The second kappa shape index (κ2) is 8.39. The normalized spacial score (nSPS) is 30.1. The first kappa shape index (κ1) is 20.3. The van der Waals surface area contributed by atoms with Gasteiger partial charge in [-0.05, 0) is 18.8 Å². The summed E-state index contributed by atoms with van der Waals surface area (Å²) in [5.74, 6) is 0.597. The number of fused-ring (bicyclic) bond motifs is 3. The number of likely N-dealkylation sites (tertiary alicyclic amines) is 1. The van der Waals surface area contributed by atoms with E-state index >= 15 is 0 Å². The first-order valence-corrected chi connectivity index (χ1v) is 11.0. The van der Waals surface area contributed by atoms with Crippen LogP contribution in [0.1, 0.15) is 31.4 Å². The van der Waals surface area contributed by atoms with Crippen molar-refractivity contribution in [1.29, 1.82) is 0 Å². The number of hydrogen-bond acceptors (Lipinski definition) is 4. The molecule has 9 nitrogen and oxygen atoms in total. The molecule has 2 bridgehead atoms. The summed E-state index contributed by atoms with van der Waals surface area (Å²) in [6.07, 6.45) is 5.70. The van der Waals surface area contributed by atoms with E-state index < -0.39 is 0 Å². The molecule has 1 aromatic rings. The SMILES string of the molecule is C[NH+](C)Cc1cn(C[C@H]2C[C@H]3CC[NH+]2C[C@@H]3C(=O)N2CCC(C(N)=O)CC2)nn1. The summed E-state index contributed by atoms with van der Waals surface area (Å²) < 4.78 is 1.99. The lowest BCUT2D eigenvalue weighted by atomic mass is 9.74. The Bertz CT molecular complexity index is 741. The first-order chi connectivity index (χ1) is 13.9. The minimum atomic E-state index is -0.226. The molecule has 4 fully saturated rings. The van der Waals surface area contributed by atoms with E-state index in [-0.39, 0.29) is 17.7 Å². The zero-order chi connectivity index (χ0) is 20.5. The molecule has 0 aromatic carbocycles. The highest BCUT2D eigenvalue weighted by Crippen LogP contribution is 2.30. The van der Waals surface area contributed by atoms with Gasteiger partial charge in [0, 0.05) is 31.8 Å². The van der Waals surface area contributed by atoms with E-state index in [0.29, 0.717) is 43.8 Å². The molecule has 4 saturated heterocycles. The van der Waals surface area contributed by atoms with E-state index in [1.807, 2.05) is 9.58 Å². The minimum absolute atomic E-state index is 0.0673. The molecule has 5 heterocycles. The minimum Gasteiger partial charge on any atom is -0.369 e. The van der Waals surface area contributed by atoms with Crippen LogP contribution < -0.4 is 15.5 Å². The first-order valence-electron chi connectivity index (χ1n) is 11.0. The summed E-state index contributed by atoms with van der Waals surface area (Å²) in [5, 5.41) is 8.62. The van der Waals surface area contributed by atoms with Gasteiger partial charge in [0.25, 0.3) is 0 Å².